The highest BCUT2D eigenvalue weighted by Gasteiger charge is 2.17. The van der Waals surface area contributed by atoms with Gasteiger partial charge in [0.2, 0.25) is 0 Å². The minimum absolute atomic E-state index is 0.117. The van der Waals surface area contributed by atoms with E-state index in [1.807, 2.05) is 0 Å². The fraction of sp³-hybridized carbons (Fsp3) is 0.909. The summed E-state index contributed by atoms with van der Waals surface area (Å²) in [5, 5.41) is 0. The first kappa shape index (κ1) is 14.6. The number of esters is 1. The summed E-state index contributed by atoms with van der Waals surface area (Å²) in [7, 11) is 0.0290. The van der Waals surface area contributed by atoms with Crippen LogP contribution in [0.1, 0.15) is 32.6 Å². The van der Waals surface area contributed by atoms with Crippen LogP contribution in [0.25, 0.3) is 0 Å². The van der Waals surface area contributed by atoms with Gasteiger partial charge in [0, 0.05) is 12.5 Å². The van der Waals surface area contributed by atoms with Gasteiger partial charge >= 0.3 is 5.97 Å². The second-order valence-electron chi connectivity index (χ2n) is 4.86. The third-order valence-corrected chi connectivity index (χ3v) is 3.13. The first-order valence-corrected chi connectivity index (χ1v) is 9.00. The Bertz CT molecular complexity index is 187. The van der Waals surface area contributed by atoms with Gasteiger partial charge in [0.15, 0.2) is 8.32 Å². The predicted octanol–water partition coefficient (Wildman–Crippen LogP) is 2.96. The molecule has 1 unspecified atom stereocenters. The number of carbonyl (C=O) groups is 1. The van der Waals surface area contributed by atoms with Gasteiger partial charge in [-0.3, -0.25) is 4.79 Å². The number of carbonyl (C=O) groups excluding carboxylic acids is 1. The Kier molecular flexibility index (Phi) is 6.84. The number of hydrogen-bond donors (Lipinski definition) is 0. The van der Waals surface area contributed by atoms with Gasteiger partial charge in [-0.05, 0) is 39.4 Å². The first-order valence-electron chi connectivity index (χ1n) is 5.60. The maximum Gasteiger partial charge on any atom is 0.305 e. The molecule has 0 aliphatic rings. The van der Waals surface area contributed by atoms with Crippen molar-refractivity contribution in [3.63, 3.8) is 0 Å². The van der Waals surface area contributed by atoms with Crippen LogP contribution in [-0.2, 0) is 14.0 Å². The Morgan fingerprint density at radius 3 is 2.33 bits per heavy atom. The van der Waals surface area contributed by atoms with Gasteiger partial charge in [0.1, 0.15) is 0 Å². The van der Waals surface area contributed by atoms with Crippen LogP contribution < -0.4 is 0 Å². The molecule has 0 aliphatic carbocycles. The highest BCUT2D eigenvalue weighted by Crippen LogP contribution is 2.12. The lowest BCUT2D eigenvalue weighted by atomic mass is 10.1. The van der Waals surface area contributed by atoms with E-state index in [2.05, 4.69) is 31.3 Å². The van der Waals surface area contributed by atoms with E-state index in [9.17, 15) is 4.79 Å². The van der Waals surface area contributed by atoms with Crippen molar-refractivity contribution in [2.75, 3.05) is 7.11 Å². The Balaban J connectivity index is 3.47. The smallest absolute Gasteiger partial charge is 0.305 e. The maximum absolute atomic E-state index is 10.8. The minimum atomic E-state index is -1.40. The van der Waals surface area contributed by atoms with Crippen LogP contribution in [0.4, 0.5) is 0 Å². The van der Waals surface area contributed by atoms with Crippen LogP contribution in [-0.4, -0.2) is 27.5 Å². The molecular weight excluding hydrogens is 208 g/mol. The SMILES string of the molecule is COC(=O)CCCCC(C)O[Si](C)(C)C. The number of methoxy groups -OCH3 is 1. The number of unbranched alkanes of at least 4 members (excludes halogenated alkanes) is 1. The van der Waals surface area contributed by atoms with Crippen LogP contribution >= 0.6 is 0 Å². The molecule has 0 rings (SSSR count). The normalized spacial score (nSPS) is 13.7. The summed E-state index contributed by atoms with van der Waals surface area (Å²) >= 11 is 0. The summed E-state index contributed by atoms with van der Waals surface area (Å²) in [6.07, 6.45) is 3.79. The zero-order valence-corrected chi connectivity index (χ0v) is 11.6. The Morgan fingerprint density at radius 2 is 1.87 bits per heavy atom. The molecule has 0 fully saturated rings. The Labute approximate surface area is 94.3 Å². The second kappa shape index (κ2) is 7.01. The van der Waals surface area contributed by atoms with E-state index in [1.165, 1.54) is 7.11 Å². The van der Waals surface area contributed by atoms with Crippen molar-refractivity contribution >= 4 is 14.3 Å². The fourth-order valence-corrected chi connectivity index (χ4v) is 2.79. The molecule has 0 aliphatic heterocycles. The molecule has 0 N–H and O–H groups in total. The van der Waals surface area contributed by atoms with Crippen LogP contribution in [0.3, 0.4) is 0 Å². The summed E-state index contributed by atoms with van der Waals surface area (Å²) in [4.78, 5) is 10.8. The van der Waals surface area contributed by atoms with Gasteiger partial charge in [-0.1, -0.05) is 6.42 Å². The van der Waals surface area contributed by atoms with Crippen molar-refractivity contribution < 1.29 is 14.0 Å². The summed E-state index contributed by atoms with van der Waals surface area (Å²) in [5.74, 6) is -0.117. The first-order chi connectivity index (χ1) is 6.85. The van der Waals surface area contributed by atoms with Crippen molar-refractivity contribution in [1.29, 1.82) is 0 Å². The van der Waals surface area contributed by atoms with Crippen LogP contribution in [0.15, 0.2) is 0 Å². The van der Waals surface area contributed by atoms with Gasteiger partial charge < -0.3 is 9.16 Å². The predicted molar refractivity (Wildman–Crippen MR) is 64.4 cm³/mol. The molecule has 1 atom stereocenters. The van der Waals surface area contributed by atoms with E-state index in [4.69, 9.17) is 4.43 Å². The average Bonchev–Trinajstić information content (AvgIpc) is 2.09. The van der Waals surface area contributed by atoms with Crippen LogP contribution in [0, 0.1) is 0 Å². The van der Waals surface area contributed by atoms with Crippen molar-refractivity contribution in [3.8, 4) is 0 Å². The summed E-state index contributed by atoms with van der Waals surface area (Å²) in [5.41, 5.74) is 0. The molecule has 0 heterocycles. The van der Waals surface area contributed by atoms with Gasteiger partial charge in [-0.2, -0.15) is 0 Å². The third-order valence-electron chi connectivity index (χ3n) is 2.02. The highest BCUT2D eigenvalue weighted by atomic mass is 28.4. The molecule has 0 aromatic carbocycles. The molecule has 0 bridgehead atoms. The monoisotopic (exact) mass is 232 g/mol. The average molecular weight is 232 g/mol. The molecule has 4 heteroatoms. The van der Waals surface area contributed by atoms with E-state index < -0.39 is 8.32 Å². The Morgan fingerprint density at radius 1 is 1.27 bits per heavy atom. The summed E-state index contributed by atoms with van der Waals surface area (Å²) in [6, 6.07) is 0. The van der Waals surface area contributed by atoms with E-state index in [1.54, 1.807) is 0 Å². The topological polar surface area (TPSA) is 35.5 Å². The minimum Gasteiger partial charge on any atom is -0.469 e. The summed E-state index contributed by atoms with van der Waals surface area (Å²) < 4.78 is 10.5. The number of ether oxygens (including phenoxy) is 1. The van der Waals surface area contributed by atoms with Gasteiger partial charge in [-0.25, -0.2) is 0 Å². The molecule has 3 nitrogen and oxygen atoms in total. The Hall–Kier alpha value is -0.353. The molecule has 0 aromatic rings. The van der Waals surface area contributed by atoms with E-state index in [-0.39, 0.29) is 5.97 Å². The maximum atomic E-state index is 10.8. The van der Waals surface area contributed by atoms with E-state index >= 15 is 0 Å². The molecule has 0 aromatic heterocycles. The molecule has 15 heavy (non-hydrogen) atoms. The summed E-state index contributed by atoms with van der Waals surface area (Å²) in [6.45, 7) is 8.68. The molecule has 0 saturated heterocycles. The van der Waals surface area contributed by atoms with E-state index in [0.29, 0.717) is 12.5 Å². The largest absolute Gasteiger partial charge is 0.469 e. The van der Waals surface area contributed by atoms with Crippen LogP contribution in [0.5, 0.6) is 0 Å². The molecule has 90 valence electrons. The van der Waals surface area contributed by atoms with Crippen molar-refractivity contribution in [2.24, 2.45) is 0 Å². The molecule has 0 spiro atoms. The quantitative estimate of drug-likeness (QED) is 0.384. The molecular formula is C11H24O3Si. The number of rotatable bonds is 7. The van der Waals surface area contributed by atoms with Gasteiger partial charge in [0.25, 0.3) is 0 Å². The lowest BCUT2D eigenvalue weighted by Crippen LogP contribution is -2.30. The lowest BCUT2D eigenvalue weighted by Gasteiger charge is -2.23. The van der Waals surface area contributed by atoms with Crippen LogP contribution in [0.2, 0.25) is 19.6 Å². The second-order valence-corrected chi connectivity index (χ2v) is 9.32. The fourth-order valence-electron chi connectivity index (χ4n) is 1.47. The zero-order chi connectivity index (χ0) is 11.9. The molecule has 0 radical (unpaired) electrons. The van der Waals surface area contributed by atoms with Crippen molar-refractivity contribution in [3.05, 3.63) is 0 Å². The van der Waals surface area contributed by atoms with Crippen molar-refractivity contribution in [2.45, 2.75) is 58.4 Å². The highest BCUT2D eigenvalue weighted by molar-refractivity contribution is 6.69. The number of hydrogen-bond acceptors (Lipinski definition) is 3. The zero-order valence-electron chi connectivity index (χ0n) is 10.6. The molecule has 0 amide bonds. The van der Waals surface area contributed by atoms with Gasteiger partial charge in [0.05, 0.1) is 7.11 Å². The third kappa shape index (κ3) is 9.94. The van der Waals surface area contributed by atoms with Gasteiger partial charge in [-0.15, -0.1) is 0 Å². The van der Waals surface area contributed by atoms with Crippen molar-refractivity contribution in [1.82, 2.24) is 0 Å². The lowest BCUT2D eigenvalue weighted by molar-refractivity contribution is -0.140. The van der Waals surface area contributed by atoms with E-state index in [0.717, 1.165) is 19.3 Å². The molecule has 0 saturated carbocycles. The standard InChI is InChI=1S/C11H24O3Si/c1-10(14-15(3,4)5)8-6-7-9-11(12)13-2/h10H,6-9H2,1-5H3.